The summed E-state index contributed by atoms with van der Waals surface area (Å²) >= 11 is 0. The summed E-state index contributed by atoms with van der Waals surface area (Å²) in [6, 6.07) is 8.59. The third-order valence-electron chi connectivity index (χ3n) is 23.7. The normalized spacial score (nSPS) is 17.6. The molecule has 0 aliphatic carbocycles. The summed E-state index contributed by atoms with van der Waals surface area (Å²) in [4.78, 5) is 118. The van der Waals surface area contributed by atoms with Crippen molar-refractivity contribution in [3.05, 3.63) is 77.6 Å². The molecule has 772 valence electrons. The molecular weight excluding hydrogens is 1770 g/mol. The molecule has 21 atom stereocenters. The minimum Gasteiger partial charge on any atom is -0.441 e. The zero-order valence-electron chi connectivity index (χ0n) is 81.0. The maximum atomic E-state index is 15.2. The molecule has 135 heavy (non-hydrogen) atoms. The second-order valence-electron chi connectivity index (χ2n) is 34.9. The molecule has 44 heteroatoms. The quantitative estimate of drug-likeness (QED) is 0.0275. The lowest BCUT2D eigenvalue weighted by molar-refractivity contribution is -0.148. The fraction of sp³-hybridized carbons (Fsp3) is 0.758. The number of nitrogens with zero attached hydrogens (tertiary/aromatic N) is 7. The van der Waals surface area contributed by atoms with Gasteiger partial charge in [0.2, 0.25) is 35.4 Å². The molecule has 1 fully saturated rings. The van der Waals surface area contributed by atoms with Crippen molar-refractivity contribution in [2.45, 2.75) is 236 Å². The molecule has 3 aromatic rings. The monoisotopic (exact) mass is 1930 g/mol. The Morgan fingerprint density at radius 1 is 0.578 bits per heavy atom. The van der Waals surface area contributed by atoms with E-state index in [0.717, 1.165) is 0 Å². The number of hydrogen-bond donors (Lipinski definition) is 18. The lowest BCUT2D eigenvalue weighted by atomic mass is 9.89. The number of nitrogens with two attached hydrogens (primary N) is 2. The standard InChI is InChI=1S/C91H158N14O30/c1-15-59(8)78(73(125-13)50-74(112)104-30-20-24-67(104)84(126-14)60(9)85(118)96-61(10)79(113)63-21-17-16-18-22-63)101(11)89(122)76(57(4)5)99-88(121)77(58(6)7)102(12)91(124)135-72(62-25-27-64(28-26-62)97-86(119)66(23-19-29-94-90(93)123)98-87(120)75(92)56(2)3)49-65-51-95-100-105(65)32-34-128-36-38-130-40-42-132-44-46-134-48-47-133-45-43-131-41-39-129-37-35-127-33-31-103(52-68(108)80(114)82(116)70(110)54-106)53-69(109)81(115)83(117)71(111)55-107/h16-18,21-22,25-28,51,56-61,66-73,75-84,106-111,113-117H,15,19-20,23-24,29-50,52-55,92H2,1-14H3,(H,96,118)(H,97,119)(H,98,120)(H,99,121)(H3,93,94,123)/t59-,60+,61+,66-,67-,68+,69+,70-,71+,72?,73+,75-,76-,77-,78-,79+,80-,81+,82-,83+,84+/m0/s1. The van der Waals surface area contributed by atoms with Crippen LogP contribution in [0.3, 0.4) is 0 Å². The van der Waals surface area contributed by atoms with Gasteiger partial charge in [0.05, 0.1) is 204 Å². The number of likely N-dealkylation sites (N-methyl/N-ethyl adjacent to an activating group) is 2. The van der Waals surface area contributed by atoms with Crippen molar-refractivity contribution in [2.24, 2.45) is 41.1 Å². The van der Waals surface area contributed by atoms with E-state index >= 15 is 4.79 Å². The van der Waals surface area contributed by atoms with Gasteiger partial charge in [-0.3, -0.25) is 38.6 Å². The molecule has 2 aromatic carbocycles. The highest BCUT2D eigenvalue weighted by Crippen LogP contribution is 2.32. The van der Waals surface area contributed by atoms with Gasteiger partial charge in [-0.25, -0.2) is 14.3 Å². The Balaban J connectivity index is 1.32. The summed E-state index contributed by atoms with van der Waals surface area (Å²) < 4.78 is 65.3. The first-order valence-corrected chi connectivity index (χ1v) is 46.6. The van der Waals surface area contributed by atoms with E-state index in [1.165, 1.54) is 42.2 Å². The molecule has 0 spiro atoms. The number of ether oxygens (including phenoxy) is 11. The van der Waals surface area contributed by atoms with Gasteiger partial charge in [0.15, 0.2) is 0 Å². The third kappa shape index (κ3) is 41.5. The van der Waals surface area contributed by atoms with E-state index in [1.807, 2.05) is 32.0 Å². The molecule has 2 heterocycles. The van der Waals surface area contributed by atoms with E-state index < -0.39 is 195 Å². The SMILES string of the molecule is CC[C@H](C)[C@@H]([C@@H](CC(=O)N1CCC[C@H]1[C@H](OC)[C@@H](C)C(=O)N[C@H](C)[C@@H](O)c1ccccc1)OC)N(C)C(=O)[C@@H](NC(=O)[C@H](C(C)C)N(C)C(=O)OC(Cc1cnnn1CCOCCOCCOCCOCCOCCOCCOCCOCCN(C[C@@H](O)[C@H](O)[C@@H](O)[C@@H](O)CO)C[C@@H](O)[C@@H](O)[C@H](O)[C@H](O)CO)c1ccc(NC(=O)[C@H](CCCNC(N)=O)NC(=O)[C@@H](N)C(C)C)cc1)C(C)C. The second kappa shape index (κ2) is 65.0. The number of anilines is 1. The smallest absolute Gasteiger partial charge is 0.410 e. The fourth-order valence-corrected chi connectivity index (χ4v) is 15.4. The van der Waals surface area contributed by atoms with Crippen molar-refractivity contribution in [1.29, 1.82) is 0 Å². The van der Waals surface area contributed by atoms with Gasteiger partial charge < -0.3 is 156 Å². The number of urea groups is 1. The summed E-state index contributed by atoms with van der Waals surface area (Å²) in [6.45, 7) is 19.9. The minimum absolute atomic E-state index is 0.00617. The Kier molecular flexibility index (Phi) is 57.5. The number of methoxy groups -OCH3 is 2. The number of aromatic nitrogens is 3. The molecule has 0 bridgehead atoms. The van der Waals surface area contributed by atoms with E-state index in [4.69, 9.17) is 73.8 Å². The molecular formula is C91H158N14O30. The van der Waals surface area contributed by atoms with Gasteiger partial charge in [0.1, 0.15) is 60.9 Å². The molecule has 0 radical (unpaired) electrons. The van der Waals surface area contributed by atoms with E-state index in [-0.39, 0.29) is 128 Å². The molecule has 44 nitrogen and oxygen atoms in total. The molecule has 0 saturated carbocycles. The highest BCUT2D eigenvalue weighted by molar-refractivity contribution is 5.98. The van der Waals surface area contributed by atoms with Crippen LogP contribution >= 0.6 is 0 Å². The topological polar surface area (TPSA) is 616 Å². The van der Waals surface area contributed by atoms with Crippen LogP contribution in [0.4, 0.5) is 15.3 Å². The van der Waals surface area contributed by atoms with Crippen molar-refractivity contribution < 1.29 is 147 Å². The van der Waals surface area contributed by atoms with Crippen LogP contribution < -0.4 is 38.1 Å². The lowest BCUT2D eigenvalue weighted by Gasteiger charge is -2.41. The number of likely N-dealkylation sites (tertiary alicyclic amines) is 1. The Morgan fingerprint density at radius 3 is 1.56 bits per heavy atom. The summed E-state index contributed by atoms with van der Waals surface area (Å²) in [5.41, 5.74) is 13.4. The number of carbonyl (C=O) groups is 8. The Labute approximate surface area is 792 Å². The highest BCUT2D eigenvalue weighted by atomic mass is 16.6. The number of primary amides is 1. The van der Waals surface area contributed by atoms with Crippen LogP contribution in [0, 0.1) is 29.6 Å². The summed E-state index contributed by atoms with van der Waals surface area (Å²) in [7, 11) is 6.04. The third-order valence-corrected chi connectivity index (χ3v) is 23.7. The average Bonchev–Trinajstić information content (AvgIpc) is 1.70. The first-order valence-electron chi connectivity index (χ1n) is 46.6. The Morgan fingerprint density at radius 2 is 1.09 bits per heavy atom. The molecule has 1 unspecified atom stereocenters. The van der Waals surface area contributed by atoms with E-state index in [0.29, 0.717) is 94.6 Å². The van der Waals surface area contributed by atoms with Crippen molar-refractivity contribution in [3.63, 3.8) is 0 Å². The average molecular weight is 1930 g/mol. The molecule has 1 saturated heterocycles. The summed E-state index contributed by atoms with van der Waals surface area (Å²) in [5.74, 6) is -5.09. The Bertz CT molecular complexity index is 3790. The number of aliphatic hydroxyl groups is 11. The second-order valence-corrected chi connectivity index (χ2v) is 34.9. The molecule has 1 aliphatic heterocycles. The molecule has 1 aliphatic rings. The fourth-order valence-electron chi connectivity index (χ4n) is 15.4. The number of rotatable bonds is 72. The van der Waals surface area contributed by atoms with Crippen LogP contribution in [0.1, 0.15) is 137 Å². The maximum Gasteiger partial charge on any atom is 0.410 e. The van der Waals surface area contributed by atoms with Gasteiger partial charge in [-0.1, -0.05) is 116 Å². The van der Waals surface area contributed by atoms with Crippen LogP contribution in [0.25, 0.3) is 0 Å². The van der Waals surface area contributed by atoms with Gasteiger partial charge in [0, 0.05) is 73.1 Å². The van der Waals surface area contributed by atoms with Gasteiger partial charge in [-0.05, 0) is 79.5 Å². The molecule has 9 amide bonds. The number of benzene rings is 2. The lowest BCUT2D eigenvalue weighted by Crippen LogP contribution is -2.60. The zero-order chi connectivity index (χ0) is 100. The van der Waals surface area contributed by atoms with Crippen molar-refractivity contribution in [3.8, 4) is 0 Å². The maximum absolute atomic E-state index is 15.2. The zero-order valence-corrected chi connectivity index (χ0v) is 81.0. The van der Waals surface area contributed by atoms with Crippen LogP contribution in [0.15, 0.2) is 60.8 Å². The van der Waals surface area contributed by atoms with E-state index in [9.17, 15) is 79.5 Å². The van der Waals surface area contributed by atoms with Crippen LogP contribution in [-0.4, -0.2) is 422 Å². The number of nitrogens with one attached hydrogen (secondary N) is 5. The Hall–Kier alpha value is -7.98. The van der Waals surface area contributed by atoms with E-state index in [2.05, 4.69) is 36.9 Å². The predicted octanol–water partition coefficient (Wildman–Crippen LogP) is -1.88. The van der Waals surface area contributed by atoms with Crippen molar-refractivity contribution in [2.75, 3.05) is 185 Å². The first-order chi connectivity index (χ1) is 64.3. The van der Waals surface area contributed by atoms with Crippen LogP contribution in [0.2, 0.25) is 0 Å². The predicted molar refractivity (Wildman–Crippen MR) is 493 cm³/mol. The minimum atomic E-state index is -1.92. The number of aliphatic hydroxyl groups excluding tert-OH is 11. The van der Waals surface area contributed by atoms with Gasteiger partial charge in [-0.2, -0.15) is 0 Å². The van der Waals surface area contributed by atoms with E-state index in [1.54, 1.807) is 108 Å². The number of amides is 9. The van der Waals surface area contributed by atoms with Gasteiger partial charge >= 0.3 is 12.1 Å². The largest absolute Gasteiger partial charge is 0.441 e. The van der Waals surface area contributed by atoms with Crippen LogP contribution in [-0.2, 0) is 93.8 Å². The van der Waals surface area contributed by atoms with Crippen molar-refractivity contribution >= 4 is 53.3 Å². The summed E-state index contributed by atoms with van der Waals surface area (Å²) in [5, 5.41) is 133. The number of hydrogen-bond acceptors (Lipinski definition) is 34. The highest BCUT2D eigenvalue weighted by Gasteiger charge is 2.45. The van der Waals surface area contributed by atoms with Crippen LogP contribution in [0.5, 0.6) is 0 Å². The molecule has 4 rings (SSSR count). The first kappa shape index (κ1) is 119. The van der Waals surface area contributed by atoms with Crippen molar-refractivity contribution in [1.82, 2.24) is 55.9 Å². The van der Waals surface area contributed by atoms with Gasteiger partial charge in [0.25, 0.3) is 0 Å². The molecule has 1 aromatic heterocycles. The number of carbonyl (C=O) groups excluding carboxylic acids is 8. The van der Waals surface area contributed by atoms with Gasteiger partial charge in [-0.15, -0.1) is 5.10 Å². The molecule has 20 N–H and O–H groups in total. The summed E-state index contributed by atoms with van der Waals surface area (Å²) in [6.07, 6.45) is -15.6.